The van der Waals surface area contributed by atoms with Gasteiger partial charge in [-0.25, -0.2) is 4.79 Å². The number of carboxylic acid groups (broad SMARTS) is 1. The Labute approximate surface area is 184 Å². The summed E-state index contributed by atoms with van der Waals surface area (Å²) in [6.07, 6.45) is 2.49. The van der Waals surface area contributed by atoms with Crippen molar-refractivity contribution in [3.63, 3.8) is 0 Å². The Balaban J connectivity index is 0.000000360. The Morgan fingerprint density at radius 2 is 1.78 bits per heavy atom. The highest BCUT2D eigenvalue weighted by molar-refractivity contribution is 5.81. The highest BCUT2D eigenvalue weighted by Crippen LogP contribution is 2.34. The number of ether oxygens (including phenoxy) is 1. The summed E-state index contributed by atoms with van der Waals surface area (Å²) in [6.45, 7) is 1.58. The van der Waals surface area contributed by atoms with Gasteiger partial charge >= 0.3 is 12.1 Å². The summed E-state index contributed by atoms with van der Waals surface area (Å²) in [5.41, 5.74) is 1.30. The van der Waals surface area contributed by atoms with Crippen LogP contribution in [0.5, 0.6) is 5.75 Å². The number of aromatic nitrogens is 1. The van der Waals surface area contributed by atoms with Crippen molar-refractivity contribution in [2.45, 2.75) is 38.0 Å². The minimum Gasteiger partial charge on any atom is -0.488 e. The number of pyridine rings is 1. The second kappa shape index (κ2) is 10.5. The molecule has 1 saturated heterocycles. The predicted molar refractivity (Wildman–Crippen MR) is 110 cm³/mol. The predicted octanol–water partition coefficient (Wildman–Crippen LogP) is 3.96. The fourth-order valence-electron chi connectivity index (χ4n) is 3.66. The number of hydrogen-bond donors (Lipinski definition) is 1. The largest absolute Gasteiger partial charge is 0.490 e. The van der Waals surface area contributed by atoms with E-state index in [9.17, 15) is 18.0 Å². The number of carbonyl (C=O) groups excluding carboxylic acids is 1. The number of halogens is 3. The number of amides is 1. The van der Waals surface area contributed by atoms with Crippen LogP contribution in [0, 0.1) is 11.8 Å². The first-order chi connectivity index (χ1) is 15.2. The van der Waals surface area contributed by atoms with Gasteiger partial charge in [-0.3, -0.25) is 9.78 Å². The third kappa shape index (κ3) is 6.96. The van der Waals surface area contributed by atoms with Crippen molar-refractivity contribution in [2.24, 2.45) is 11.8 Å². The number of carbonyl (C=O) groups is 2. The maximum Gasteiger partial charge on any atom is 0.490 e. The van der Waals surface area contributed by atoms with Crippen LogP contribution in [0.1, 0.15) is 24.8 Å². The second-order valence-electron chi connectivity index (χ2n) is 7.94. The molecule has 0 radical (unpaired) electrons. The number of likely N-dealkylation sites (tertiary alicyclic amines) is 1. The summed E-state index contributed by atoms with van der Waals surface area (Å²) < 4.78 is 38.0. The van der Waals surface area contributed by atoms with Crippen molar-refractivity contribution in [1.29, 1.82) is 0 Å². The van der Waals surface area contributed by atoms with Crippen LogP contribution in [0.25, 0.3) is 0 Å². The average Bonchev–Trinajstić information content (AvgIpc) is 3.61. The van der Waals surface area contributed by atoms with E-state index in [2.05, 4.69) is 34.1 Å². The summed E-state index contributed by atoms with van der Waals surface area (Å²) in [6, 6.07) is 14.3. The third-order valence-electron chi connectivity index (χ3n) is 5.41. The Kier molecular flexibility index (Phi) is 7.71. The molecule has 0 unspecified atom stereocenters. The molecular weight excluding hydrogens is 425 g/mol. The van der Waals surface area contributed by atoms with E-state index in [1.54, 1.807) is 12.4 Å². The number of nitrogens with zero attached hydrogens (tertiary/aromatic N) is 2. The van der Waals surface area contributed by atoms with Crippen molar-refractivity contribution >= 4 is 11.9 Å². The summed E-state index contributed by atoms with van der Waals surface area (Å²) in [7, 11) is 0. The van der Waals surface area contributed by atoms with E-state index in [1.807, 2.05) is 18.2 Å². The molecule has 1 aromatic heterocycles. The Bertz CT molecular complexity index is 889. The van der Waals surface area contributed by atoms with Gasteiger partial charge in [0.05, 0.1) is 6.20 Å². The lowest BCUT2D eigenvalue weighted by Crippen LogP contribution is -2.49. The van der Waals surface area contributed by atoms with Gasteiger partial charge in [-0.15, -0.1) is 0 Å². The summed E-state index contributed by atoms with van der Waals surface area (Å²) in [5.74, 6) is -1.01. The fourth-order valence-corrected chi connectivity index (χ4v) is 3.66. The molecule has 1 amide bonds. The first kappa shape index (κ1) is 23.6. The lowest BCUT2D eigenvalue weighted by atomic mass is 9.88. The molecule has 0 spiro atoms. The second-order valence-corrected chi connectivity index (χ2v) is 7.94. The Morgan fingerprint density at radius 1 is 1.09 bits per heavy atom. The minimum atomic E-state index is -5.08. The normalized spacial score (nSPS) is 20.7. The molecule has 1 N–H and O–H groups in total. The minimum absolute atomic E-state index is 0.118. The van der Waals surface area contributed by atoms with Gasteiger partial charge in [-0.1, -0.05) is 30.3 Å². The summed E-state index contributed by atoms with van der Waals surface area (Å²) in [5, 5.41) is 7.12. The molecule has 1 aliphatic heterocycles. The third-order valence-corrected chi connectivity index (χ3v) is 5.41. The molecular formula is C23H25F3N2O4. The molecule has 4 rings (SSSR count). The van der Waals surface area contributed by atoms with E-state index in [0.717, 1.165) is 44.5 Å². The molecule has 2 fully saturated rings. The van der Waals surface area contributed by atoms with E-state index >= 15 is 0 Å². The van der Waals surface area contributed by atoms with Crippen LogP contribution in [-0.2, 0) is 16.0 Å². The summed E-state index contributed by atoms with van der Waals surface area (Å²) in [4.78, 5) is 27.6. The number of piperidine rings is 1. The van der Waals surface area contributed by atoms with E-state index in [1.165, 1.54) is 5.56 Å². The summed E-state index contributed by atoms with van der Waals surface area (Å²) >= 11 is 0. The zero-order chi connectivity index (χ0) is 23.1. The Hall–Kier alpha value is -3.10. The van der Waals surface area contributed by atoms with Crippen molar-refractivity contribution in [1.82, 2.24) is 9.88 Å². The van der Waals surface area contributed by atoms with Crippen LogP contribution in [0.4, 0.5) is 13.2 Å². The van der Waals surface area contributed by atoms with E-state index in [0.29, 0.717) is 11.8 Å². The number of alkyl halides is 3. The van der Waals surface area contributed by atoms with Crippen LogP contribution >= 0.6 is 0 Å². The SMILES string of the molecule is O=C(C1CC1)N1CC[C@@H](Oc2cccnc2)[C@@H](Cc2ccccc2)C1.O=C(O)C(F)(F)F. The van der Waals surface area contributed by atoms with Crippen LogP contribution < -0.4 is 4.74 Å². The monoisotopic (exact) mass is 450 g/mol. The molecule has 172 valence electrons. The zero-order valence-corrected chi connectivity index (χ0v) is 17.4. The fraction of sp³-hybridized carbons (Fsp3) is 0.435. The first-order valence-electron chi connectivity index (χ1n) is 10.4. The van der Waals surface area contributed by atoms with E-state index in [-0.39, 0.29) is 12.0 Å². The van der Waals surface area contributed by atoms with Gasteiger partial charge in [-0.05, 0) is 37.0 Å². The van der Waals surface area contributed by atoms with Crippen LogP contribution in [0.15, 0.2) is 54.9 Å². The van der Waals surface area contributed by atoms with Gasteiger partial charge in [0.25, 0.3) is 0 Å². The van der Waals surface area contributed by atoms with Gasteiger partial charge in [0.2, 0.25) is 5.91 Å². The molecule has 2 aliphatic rings. The van der Waals surface area contributed by atoms with Gasteiger partial charge < -0.3 is 14.7 Å². The number of hydrogen-bond acceptors (Lipinski definition) is 4. The van der Waals surface area contributed by atoms with Gasteiger partial charge in [0, 0.05) is 37.5 Å². The van der Waals surface area contributed by atoms with E-state index < -0.39 is 12.1 Å². The maximum absolute atomic E-state index is 12.5. The Morgan fingerprint density at radius 3 is 2.34 bits per heavy atom. The van der Waals surface area contributed by atoms with Crippen LogP contribution in [-0.4, -0.2) is 52.2 Å². The zero-order valence-electron chi connectivity index (χ0n) is 17.4. The molecule has 32 heavy (non-hydrogen) atoms. The number of rotatable bonds is 5. The highest BCUT2D eigenvalue weighted by atomic mass is 19.4. The number of benzene rings is 1. The lowest BCUT2D eigenvalue weighted by Gasteiger charge is -2.38. The van der Waals surface area contributed by atoms with Gasteiger partial charge in [0.1, 0.15) is 11.9 Å². The average molecular weight is 450 g/mol. The molecule has 2 atom stereocenters. The number of carboxylic acids is 1. The highest BCUT2D eigenvalue weighted by Gasteiger charge is 2.39. The lowest BCUT2D eigenvalue weighted by molar-refractivity contribution is -0.192. The molecule has 9 heteroatoms. The standard InChI is InChI=1S/C21H24N2O2.C2HF3O2/c24-21(17-8-9-17)23-12-10-20(25-19-7-4-11-22-14-19)18(15-23)13-16-5-2-1-3-6-16;3-2(4,5)1(6)7/h1-7,11,14,17-18,20H,8-10,12-13,15H2;(H,6,7)/t18-,20+;/m0./s1. The van der Waals surface area contributed by atoms with Gasteiger partial charge in [0.15, 0.2) is 0 Å². The van der Waals surface area contributed by atoms with Crippen molar-refractivity contribution in [3.8, 4) is 5.75 Å². The molecule has 1 saturated carbocycles. The first-order valence-corrected chi connectivity index (χ1v) is 10.4. The molecule has 2 aromatic rings. The number of aliphatic carboxylic acids is 1. The van der Waals surface area contributed by atoms with Gasteiger partial charge in [-0.2, -0.15) is 13.2 Å². The van der Waals surface area contributed by atoms with E-state index in [4.69, 9.17) is 14.6 Å². The molecule has 1 aromatic carbocycles. The van der Waals surface area contributed by atoms with Crippen molar-refractivity contribution in [2.75, 3.05) is 13.1 Å². The molecule has 2 heterocycles. The maximum atomic E-state index is 12.5. The smallest absolute Gasteiger partial charge is 0.488 e. The molecule has 0 bridgehead atoms. The molecule has 1 aliphatic carbocycles. The van der Waals surface area contributed by atoms with Crippen LogP contribution in [0.3, 0.4) is 0 Å². The van der Waals surface area contributed by atoms with Crippen molar-refractivity contribution in [3.05, 3.63) is 60.4 Å². The van der Waals surface area contributed by atoms with Crippen molar-refractivity contribution < 1.29 is 32.6 Å². The quantitative estimate of drug-likeness (QED) is 0.746. The molecule has 6 nitrogen and oxygen atoms in total. The topological polar surface area (TPSA) is 79.7 Å². The van der Waals surface area contributed by atoms with Crippen LogP contribution in [0.2, 0.25) is 0 Å².